The van der Waals surface area contributed by atoms with Crippen molar-refractivity contribution in [3.8, 4) is 0 Å². The maximum Gasteiger partial charge on any atom is 0.287 e. The minimum Gasteiger partial charge on any atom is -0.451 e. The number of aryl methyl sites for hydroxylation is 1. The van der Waals surface area contributed by atoms with Crippen molar-refractivity contribution >= 4 is 22.8 Å². The topological polar surface area (TPSA) is 84.6 Å². The van der Waals surface area contributed by atoms with Crippen molar-refractivity contribution in [3.05, 3.63) is 70.3 Å². The maximum absolute atomic E-state index is 12.6. The fourth-order valence-corrected chi connectivity index (χ4v) is 3.69. The van der Waals surface area contributed by atoms with Crippen LogP contribution in [0.15, 0.2) is 57.9 Å². The molecule has 0 unspecified atom stereocenters. The molecule has 0 aliphatic carbocycles. The lowest BCUT2D eigenvalue weighted by atomic mass is 9.96. The minimum atomic E-state index is -0.280. The summed E-state index contributed by atoms with van der Waals surface area (Å²) < 4.78 is 7.00. The van der Waals surface area contributed by atoms with Crippen molar-refractivity contribution in [2.45, 2.75) is 12.8 Å². The summed E-state index contributed by atoms with van der Waals surface area (Å²) in [4.78, 5) is 38.9. The molecule has 0 bridgehead atoms. The average Bonchev–Trinajstić information content (AvgIpc) is 3.18. The van der Waals surface area contributed by atoms with Crippen LogP contribution in [-0.2, 0) is 7.05 Å². The number of nitrogens with one attached hydrogen (secondary N) is 1. The third-order valence-corrected chi connectivity index (χ3v) is 5.46. The molecular weight excluding hydrogens is 370 g/mol. The molecule has 0 atom stereocenters. The van der Waals surface area contributed by atoms with E-state index in [0.29, 0.717) is 31.0 Å². The van der Waals surface area contributed by atoms with Crippen LogP contribution in [0.2, 0.25) is 0 Å². The van der Waals surface area contributed by atoms with Gasteiger partial charge in [-0.2, -0.15) is 0 Å². The number of furan rings is 1. The lowest BCUT2D eigenvalue weighted by molar-refractivity contribution is 0.0681. The van der Waals surface area contributed by atoms with Gasteiger partial charge in [-0.3, -0.25) is 14.4 Å². The fourth-order valence-electron chi connectivity index (χ4n) is 3.69. The number of carbonyl (C=O) groups excluding carboxylic acids is 2. The maximum atomic E-state index is 12.6. The molecule has 1 aliphatic heterocycles. The number of hydrogen-bond acceptors (Lipinski definition) is 4. The van der Waals surface area contributed by atoms with E-state index in [4.69, 9.17) is 4.42 Å². The molecule has 1 aromatic carbocycles. The van der Waals surface area contributed by atoms with Crippen molar-refractivity contribution in [2.24, 2.45) is 13.0 Å². The van der Waals surface area contributed by atoms with E-state index in [-0.39, 0.29) is 28.9 Å². The van der Waals surface area contributed by atoms with E-state index in [0.717, 1.165) is 18.2 Å². The second-order valence-electron chi connectivity index (χ2n) is 7.43. The smallest absolute Gasteiger partial charge is 0.287 e. The molecule has 150 valence electrons. The highest BCUT2D eigenvalue weighted by molar-refractivity contribution is 5.96. The summed E-state index contributed by atoms with van der Waals surface area (Å²) >= 11 is 0. The van der Waals surface area contributed by atoms with Gasteiger partial charge in [0.1, 0.15) is 11.1 Å². The Morgan fingerprint density at radius 1 is 1.14 bits per heavy atom. The number of carbonyl (C=O) groups is 2. The number of likely N-dealkylation sites (tertiary alicyclic amines) is 1. The van der Waals surface area contributed by atoms with Crippen LogP contribution in [-0.4, -0.2) is 40.9 Å². The monoisotopic (exact) mass is 393 g/mol. The van der Waals surface area contributed by atoms with E-state index in [1.54, 1.807) is 36.3 Å². The molecule has 2 aromatic heterocycles. The Morgan fingerprint density at radius 2 is 1.90 bits per heavy atom. The van der Waals surface area contributed by atoms with Gasteiger partial charge in [0, 0.05) is 38.3 Å². The molecule has 7 nitrogen and oxygen atoms in total. The summed E-state index contributed by atoms with van der Waals surface area (Å²) in [6.45, 7) is 1.68. The third-order valence-electron chi connectivity index (χ3n) is 5.46. The van der Waals surface area contributed by atoms with Crippen LogP contribution in [0.25, 0.3) is 11.0 Å². The summed E-state index contributed by atoms with van der Waals surface area (Å²) in [5.41, 5.74) is 0.612. The Hall–Kier alpha value is -3.35. The van der Waals surface area contributed by atoms with E-state index in [9.17, 15) is 14.4 Å². The Balaban J connectivity index is 1.30. The highest BCUT2D eigenvalue weighted by Gasteiger charge is 2.26. The SMILES string of the molecule is Cn1cccc(C(=O)N2CCC(CNC(=O)c3cc4ccccc4o3)CC2)c1=O. The van der Waals surface area contributed by atoms with E-state index in [2.05, 4.69) is 5.32 Å². The van der Waals surface area contributed by atoms with Crippen LogP contribution in [0, 0.1) is 5.92 Å². The Kier molecular flexibility index (Phi) is 5.20. The van der Waals surface area contributed by atoms with Gasteiger partial charge in [0.05, 0.1) is 0 Å². The second-order valence-corrected chi connectivity index (χ2v) is 7.43. The molecule has 1 fully saturated rings. The van der Waals surface area contributed by atoms with Crippen molar-refractivity contribution in [3.63, 3.8) is 0 Å². The number of pyridine rings is 1. The normalized spacial score (nSPS) is 14.9. The summed E-state index contributed by atoms with van der Waals surface area (Å²) in [7, 11) is 1.63. The number of rotatable bonds is 4. The van der Waals surface area contributed by atoms with Crippen LogP contribution in [0.5, 0.6) is 0 Å². The van der Waals surface area contributed by atoms with Crippen molar-refractivity contribution < 1.29 is 14.0 Å². The predicted octanol–water partition coefficient (Wildman–Crippen LogP) is 2.41. The molecule has 7 heteroatoms. The molecule has 1 aliphatic rings. The molecule has 1 saturated heterocycles. The van der Waals surface area contributed by atoms with Crippen molar-refractivity contribution in [1.29, 1.82) is 0 Å². The van der Waals surface area contributed by atoms with Gasteiger partial charge in [-0.05, 0) is 43.0 Å². The van der Waals surface area contributed by atoms with Gasteiger partial charge in [-0.1, -0.05) is 18.2 Å². The minimum absolute atomic E-state index is 0.201. The molecular formula is C22H23N3O4. The van der Waals surface area contributed by atoms with Gasteiger partial charge in [-0.15, -0.1) is 0 Å². The molecule has 1 N–H and O–H groups in total. The molecule has 3 heterocycles. The van der Waals surface area contributed by atoms with Crippen LogP contribution < -0.4 is 10.9 Å². The zero-order chi connectivity index (χ0) is 20.4. The van der Waals surface area contributed by atoms with Gasteiger partial charge >= 0.3 is 0 Å². The largest absolute Gasteiger partial charge is 0.451 e. The number of piperidine rings is 1. The molecule has 4 rings (SSSR count). The first-order chi connectivity index (χ1) is 14.0. The van der Waals surface area contributed by atoms with Crippen molar-refractivity contribution in [2.75, 3.05) is 19.6 Å². The summed E-state index contributed by atoms with van der Waals surface area (Å²) in [5, 5.41) is 3.83. The van der Waals surface area contributed by atoms with Gasteiger partial charge in [-0.25, -0.2) is 0 Å². The number of para-hydroxylation sites is 1. The molecule has 29 heavy (non-hydrogen) atoms. The fraction of sp³-hybridized carbons (Fsp3) is 0.318. The highest BCUT2D eigenvalue weighted by Crippen LogP contribution is 2.20. The number of fused-ring (bicyclic) bond motifs is 1. The lowest BCUT2D eigenvalue weighted by Gasteiger charge is -2.32. The predicted molar refractivity (Wildman–Crippen MR) is 109 cm³/mol. The summed E-state index contributed by atoms with van der Waals surface area (Å²) in [5.74, 6) is 0.133. The van der Waals surface area contributed by atoms with Crippen LogP contribution in [0.4, 0.5) is 0 Å². The first kappa shape index (κ1) is 19.0. The first-order valence-electron chi connectivity index (χ1n) is 9.74. The van der Waals surface area contributed by atoms with Gasteiger partial charge in [0.15, 0.2) is 5.76 Å². The Labute approximate surface area is 167 Å². The van der Waals surface area contributed by atoms with Gasteiger partial charge in [0.25, 0.3) is 17.4 Å². The first-order valence-corrected chi connectivity index (χ1v) is 9.74. The molecule has 3 aromatic rings. The van der Waals surface area contributed by atoms with Crippen LogP contribution in [0.1, 0.15) is 33.8 Å². The van der Waals surface area contributed by atoms with Crippen LogP contribution in [0.3, 0.4) is 0 Å². The lowest BCUT2D eigenvalue weighted by Crippen LogP contribution is -2.43. The zero-order valence-electron chi connectivity index (χ0n) is 16.3. The molecule has 2 amide bonds. The number of benzene rings is 1. The van der Waals surface area contributed by atoms with E-state index < -0.39 is 0 Å². The quantitative estimate of drug-likeness (QED) is 0.738. The Bertz CT molecular complexity index is 1070. The van der Waals surface area contributed by atoms with E-state index in [1.807, 2.05) is 24.3 Å². The standard InChI is InChI=1S/C22H23N3O4/c1-24-10-4-6-17(21(24)27)22(28)25-11-8-15(9-12-25)14-23-20(26)19-13-16-5-2-3-7-18(16)29-19/h2-7,10,13,15H,8-9,11-12,14H2,1H3,(H,23,26). The van der Waals surface area contributed by atoms with Gasteiger partial charge < -0.3 is 19.2 Å². The average molecular weight is 393 g/mol. The summed E-state index contributed by atoms with van der Waals surface area (Å²) in [6, 6.07) is 12.5. The Morgan fingerprint density at radius 3 is 2.66 bits per heavy atom. The molecule has 0 saturated carbocycles. The summed E-state index contributed by atoms with van der Waals surface area (Å²) in [6.07, 6.45) is 3.19. The number of nitrogens with zero attached hydrogens (tertiary/aromatic N) is 2. The van der Waals surface area contributed by atoms with E-state index >= 15 is 0 Å². The highest BCUT2D eigenvalue weighted by atomic mass is 16.3. The molecule has 0 spiro atoms. The molecule has 0 radical (unpaired) electrons. The number of amides is 2. The van der Waals surface area contributed by atoms with Crippen LogP contribution >= 0.6 is 0 Å². The van der Waals surface area contributed by atoms with Gasteiger partial charge in [0.2, 0.25) is 0 Å². The number of aromatic nitrogens is 1. The van der Waals surface area contributed by atoms with Crippen molar-refractivity contribution in [1.82, 2.24) is 14.8 Å². The third kappa shape index (κ3) is 3.94. The van der Waals surface area contributed by atoms with E-state index in [1.165, 1.54) is 4.57 Å². The zero-order valence-corrected chi connectivity index (χ0v) is 16.3. The second kappa shape index (κ2) is 7.95. The number of hydrogen-bond donors (Lipinski definition) is 1.